The van der Waals surface area contributed by atoms with E-state index in [1.165, 1.54) is 0 Å². The molecule has 1 heterocycles. The number of amides is 1. The topological polar surface area (TPSA) is 46.6 Å². The molecule has 1 atom stereocenters. The second-order valence-electron chi connectivity index (χ2n) is 6.88. The van der Waals surface area contributed by atoms with E-state index >= 15 is 0 Å². The van der Waals surface area contributed by atoms with E-state index < -0.39 is 17.7 Å². The molecule has 0 N–H and O–H groups in total. The molecule has 1 aliphatic carbocycles. The number of ether oxygens (including phenoxy) is 1. The first-order valence-electron chi connectivity index (χ1n) is 7.09. The Morgan fingerprint density at radius 1 is 1.35 bits per heavy atom. The molecule has 0 unspecified atom stereocenters. The van der Waals surface area contributed by atoms with Crippen LogP contribution < -0.4 is 0 Å². The Kier molecular flexibility index (Phi) is 4.19. The van der Waals surface area contributed by atoms with Gasteiger partial charge >= 0.3 is 6.09 Å². The third-order valence-corrected chi connectivity index (χ3v) is 4.52. The van der Waals surface area contributed by atoms with Crippen molar-refractivity contribution in [3.8, 4) is 0 Å². The first kappa shape index (κ1) is 15.8. The van der Waals surface area contributed by atoms with Gasteiger partial charge in [0.15, 0.2) is 5.78 Å². The average molecular weight is 391 g/mol. The molecule has 0 aromatic rings. The lowest BCUT2D eigenvalue weighted by molar-refractivity contribution is -0.118. The second-order valence-corrected chi connectivity index (χ2v) is 7.96. The van der Waals surface area contributed by atoms with Crippen LogP contribution in [0.4, 0.5) is 4.79 Å². The number of allylic oxidation sites excluding steroid dienone is 1. The Bertz CT molecular complexity index is 472. The number of Topliss-reactive ketones (excluding diaryl/α,β-unsaturated/α-hetero) is 1. The van der Waals surface area contributed by atoms with E-state index in [1.807, 2.05) is 34.6 Å². The van der Waals surface area contributed by atoms with Gasteiger partial charge in [0.1, 0.15) is 11.6 Å². The van der Waals surface area contributed by atoms with Crippen LogP contribution in [-0.2, 0) is 9.53 Å². The van der Waals surface area contributed by atoms with Crippen molar-refractivity contribution in [2.45, 2.75) is 59.1 Å². The molecule has 0 bridgehead atoms. The number of hydrogen-bond acceptors (Lipinski definition) is 3. The Morgan fingerprint density at radius 2 is 1.90 bits per heavy atom. The Balaban J connectivity index is 2.34. The number of rotatable bonds is 2. The van der Waals surface area contributed by atoms with Gasteiger partial charge in [-0.2, -0.15) is 0 Å². The normalized spacial score (nSPS) is 23.9. The molecule has 1 amide bonds. The molecular formula is C15H22INO3. The first-order valence-corrected chi connectivity index (χ1v) is 8.17. The van der Waals surface area contributed by atoms with Crippen LogP contribution in [0.2, 0.25) is 0 Å². The van der Waals surface area contributed by atoms with E-state index in [2.05, 4.69) is 22.6 Å². The smallest absolute Gasteiger partial charge is 0.415 e. The zero-order chi connectivity index (χ0) is 15.2. The van der Waals surface area contributed by atoms with Gasteiger partial charge in [-0.3, -0.25) is 9.69 Å². The van der Waals surface area contributed by atoms with Crippen molar-refractivity contribution in [3.63, 3.8) is 0 Å². The van der Waals surface area contributed by atoms with Crippen molar-refractivity contribution < 1.29 is 14.3 Å². The van der Waals surface area contributed by atoms with Gasteiger partial charge in [-0.1, -0.05) is 13.8 Å². The number of nitrogens with zero attached hydrogens (tertiary/aromatic N) is 1. The van der Waals surface area contributed by atoms with Crippen LogP contribution in [0.15, 0.2) is 9.28 Å². The van der Waals surface area contributed by atoms with Gasteiger partial charge in [0.05, 0.1) is 3.58 Å². The van der Waals surface area contributed by atoms with Gasteiger partial charge < -0.3 is 4.74 Å². The minimum absolute atomic E-state index is 0.0633. The molecule has 0 spiro atoms. The SMILES string of the molecule is CC(C)[C@H]1C(=O)C(I)=C(C2CC2)N1C(=O)OC(C)(C)C. The highest BCUT2D eigenvalue weighted by Gasteiger charge is 2.49. The molecule has 0 radical (unpaired) electrons. The molecule has 1 saturated carbocycles. The van der Waals surface area contributed by atoms with Gasteiger partial charge in [-0.05, 0) is 62.1 Å². The highest BCUT2D eigenvalue weighted by molar-refractivity contribution is 14.1. The van der Waals surface area contributed by atoms with E-state index in [-0.39, 0.29) is 11.7 Å². The summed E-state index contributed by atoms with van der Waals surface area (Å²) in [4.78, 5) is 26.6. The molecule has 2 rings (SSSR count). The molecule has 20 heavy (non-hydrogen) atoms. The predicted molar refractivity (Wildman–Crippen MR) is 85.5 cm³/mol. The number of carbonyl (C=O) groups is 2. The van der Waals surface area contributed by atoms with Crippen LogP contribution in [-0.4, -0.2) is 28.4 Å². The maximum Gasteiger partial charge on any atom is 0.415 e. The second kappa shape index (κ2) is 5.31. The largest absolute Gasteiger partial charge is 0.443 e. The fourth-order valence-electron chi connectivity index (χ4n) is 2.49. The van der Waals surface area contributed by atoms with Crippen molar-refractivity contribution in [1.29, 1.82) is 0 Å². The van der Waals surface area contributed by atoms with E-state index in [4.69, 9.17) is 4.74 Å². The number of hydrogen-bond donors (Lipinski definition) is 0. The van der Waals surface area contributed by atoms with Crippen molar-refractivity contribution >= 4 is 34.5 Å². The highest BCUT2D eigenvalue weighted by Crippen LogP contribution is 2.47. The predicted octanol–water partition coefficient (Wildman–Crippen LogP) is 3.89. The molecule has 0 aromatic carbocycles. The number of ketones is 1. The molecule has 1 aliphatic heterocycles. The average Bonchev–Trinajstić information content (AvgIpc) is 3.05. The summed E-state index contributed by atoms with van der Waals surface area (Å²) in [6, 6.07) is -0.410. The quantitative estimate of drug-likeness (QED) is 0.671. The lowest BCUT2D eigenvalue weighted by Crippen LogP contribution is -2.45. The van der Waals surface area contributed by atoms with Crippen LogP contribution >= 0.6 is 22.6 Å². The lowest BCUT2D eigenvalue weighted by Gasteiger charge is -2.31. The van der Waals surface area contributed by atoms with Crippen molar-refractivity contribution in [1.82, 2.24) is 4.90 Å². The van der Waals surface area contributed by atoms with Crippen LogP contribution in [0.25, 0.3) is 0 Å². The molecule has 0 saturated heterocycles. The van der Waals surface area contributed by atoms with Crippen molar-refractivity contribution in [2.75, 3.05) is 0 Å². The summed E-state index contributed by atoms with van der Waals surface area (Å²) in [6.45, 7) is 9.48. The molecule has 2 aliphatic rings. The third kappa shape index (κ3) is 3.02. The fourth-order valence-corrected chi connectivity index (χ4v) is 3.50. The van der Waals surface area contributed by atoms with Crippen LogP contribution in [0.5, 0.6) is 0 Å². The van der Waals surface area contributed by atoms with E-state index in [0.29, 0.717) is 5.92 Å². The van der Waals surface area contributed by atoms with Crippen LogP contribution in [0.1, 0.15) is 47.5 Å². The number of halogens is 1. The summed E-state index contributed by atoms with van der Waals surface area (Å²) < 4.78 is 6.22. The maximum absolute atomic E-state index is 12.5. The van der Waals surface area contributed by atoms with Gasteiger partial charge in [0.2, 0.25) is 0 Å². The Labute approximate surface area is 134 Å². The molecule has 1 fully saturated rings. The molecule has 4 nitrogen and oxygen atoms in total. The van der Waals surface area contributed by atoms with Gasteiger partial charge in [0, 0.05) is 11.6 Å². The summed E-state index contributed by atoms with van der Waals surface area (Å²) in [5.74, 6) is 0.492. The number of carbonyl (C=O) groups excluding carboxylic acids is 2. The maximum atomic E-state index is 12.5. The van der Waals surface area contributed by atoms with E-state index in [0.717, 1.165) is 22.1 Å². The zero-order valence-electron chi connectivity index (χ0n) is 12.7. The van der Waals surface area contributed by atoms with Crippen LogP contribution in [0.3, 0.4) is 0 Å². The van der Waals surface area contributed by atoms with E-state index in [1.54, 1.807) is 4.90 Å². The summed E-state index contributed by atoms with van der Waals surface area (Å²) in [5, 5.41) is 0. The Hall–Kier alpha value is -0.590. The zero-order valence-corrected chi connectivity index (χ0v) is 14.9. The first-order chi connectivity index (χ1) is 9.13. The summed E-state index contributed by atoms with van der Waals surface area (Å²) in [5.41, 5.74) is 0.341. The molecular weight excluding hydrogens is 369 g/mol. The highest BCUT2D eigenvalue weighted by atomic mass is 127. The fraction of sp³-hybridized carbons (Fsp3) is 0.733. The van der Waals surface area contributed by atoms with Crippen LogP contribution in [0, 0.1) is 11.8 Å². The third-order valence-electron chi connectivity index (χ3n) is 3.43. The summed E-state index contributed by atoms with van der Waals surface area (Å²) in [7, 11) is 0. The molecule has 0 aromatic heterocycles. The standard InChI is InChI=1S/C15H22INO3/c1-8(2)11-13(18)10(16)12(9-6-7-9)17(11)14(19)20-15(3,4)5/h8-9,11H,6-7H2,1-5H3/t11-/m0/s1. The lowest BCUT2D eigenvalue weighted by atomic mass is 10.0. The minimum Gasteiger partial charge on any atom is -0.443 e. The van der Waals surface area contributed by atoms with Crippen molar-refractivity contribution in [2.24, 2.45) is 11.8 Å². The minimum atomic E-state index is -0.551. The van der Waals surface area contributed by atoms with Gasteiger partial charge in [-0.25, -0.2) is 4.79 Å². The van der Waals surface area contributed by atoms with Gasteiger partial charge in [-0.15, -0.1) is 0 Å². The monoisotopic (exact) mass is 391 g/mol. The Morgan fingerprint density at radius 3 is 2.30 bits per heavy atom. The summed E-state index contributed by atoms with van der Waals surface area (Å²) >= 11 is 2.09. The molecule has 112 valence electrons. The van der Waals surface area contributed by atoms with E-state index in [9.17, 15) is 9.59 Å². The van der Waals surface area contributed by atoms with Crippen molar-refractivity contribution in [3.05, 3.63) is 9.28 Å². The summed E-state index contributed by atoms with van der Waals surface area (Å²) in [6.07, 6.45) is 1.72. The molecule has 5 heteroatoms. The van der Waals surface area contributed by atoms with Gasteiger partial charge in [0.25, 0.3) is 0 Å².